The van der Waals surface area contributed by atoms with Crippen molar-refractivity contribution in [2.75, 3.05) is 7.11 Å². The highest BCUT2D eigenvalue weighted by atomic mass is 16.5. The van der Waals surface area contributed by atoms with E-state index >= 15 is 0 Å². The predicted octanol–water partition coefficient (Wildman–Crippen LogP) is 2.01. The number of ether oxygens (including phenoxy) is 1. The lowest BCUT2D eigenvalue weighted by atomic mass is 10.1. The molecule has 0 aliphatic rings. The molecule has 1 N–H and O–H groups in total. The van der Waals surface area contributed by atoms with Crippen LogP contribution in [-0.2, 0) is 11.3 Å². The van der Waals surface area contributed by atoms with Crippen LogP contribution in [0.2, 0.25) is 0 Å². The number of nitrogens with one attached hydrogen (secondary N) is 1. The molecule has 0 amide bonds. The van der Waals surface area contributed by atoms with Gasteiger partial charge in [-0.2, -0.15) is 0 Å². The maximum atomic E-state index is 10.1. The number of aromatic amines is 1. The Labute approximate surface area is 86.6 Å². The molecule has 2 rings (SSSR count). The topological polar surface area (TPSA) is 54.4 Å². The van der Waals surface area contributed by atoms with Gasteiger partial charge in [0.2, 0.25) is 6.08 Å². The minimum atomic E-state index is 0.294. The van der Waals surface area contributed by atoms with Crippen LogP contribution in [0, 0.1) is 0 Å². The molecule has 4 nitrogen and oxygen atoms in total. The van der Waals surface area contributed by atoms with Crippen LogP contribution in [0.15, 0.2) is 29.4 Å². The predicted molar refractivity (Wildman–Crippen MR) is 56.7 cm³/mol. The molecule has 4 heteroatoms. The Bertz CT molecular complexity index is 524. The molecule has 0 bridgehead atoms. The van der Waals surface area contributed by atoms with Crippen LogP contribution >= 0.6 is 0 Å². The number of fused-ring (bicyclic) bond motifs is 1. The molecule has 0 saturated carbocycles. The van der Waals surface area contributed by atoms with E-state index in [-0.39, 0.29) is 0 Å². The largest absolute Gasteiger partial charge is 0.496 e. The van der Waals surface area contributed by atoms with Crippen LogP contribution < -0.4 is 4.74 Å². The van der Waals surface area contributed by atoms with Gasteiger partial charge in [-0.3, -0.25) is 0 Å². The third-order valence-electron chi connectivity index (χ3n) is 2.32. The zero-order valence-corrected chi connectivity index (χ0v) is 8.28. The molecule has 2 aromatic rings. The smallest absolute Gasteiger partial charge is 0.235 e. The fraction of sp³-hybridized carbons (Fsp3) is 0.182. The Morgan fingerprint density at radius 3 is 3.07 bits per heavy atom. The van der Waals surface area contributed by atoms with Crippen LogP contribution in [-0.4, -0.2) is 18.2 Å². The van der Waals surface area contributed by atoms with Crippen molar-refractivity contribution in [3.05, 3.63) is 30.0 Å². The molecule has 15 heavy (non-hydrogen) atoms. The van der Waals surface area contributed by atoms with E-state index in [1.54, 1.807) is 7.11 Å². The Kier molecular flexibility index (Phi) is 2.52. The molecule has 0 aliphatic heterocycles. The number of H-pyrrole nitrogens is 1. The van der Waals surface area contributed by atoms with Crippen LogP contribution in [0.4, 0.5) is 0 Å². The summed E-state index contributed by atoms with van der Waals surface area (Å²) in [7, 11) is 1.60. The van der Waals surface area contributed by atoms with E-state index in [2.05, 4.69) is 9.98 Å². The first-order valence-electron chi connectivity index (χ1n) is 4.53. The molecular formula is C11H10N2O2. The SMILES string of the molecule is COc1ccc2[nH]ccc2c1CN=C=O. The lowest BCUT2D eigenvalue weighted by Crippen LogP contribution is -1.91. The van der Waals surface area contributed by atoms with Gasteiger partial charge in [0.15, 0.2) is 0 Å². The van der Waals surface area contributed by atoms with Crippen molar-refractivity contribution in [3.8, 4) is 5.75 Å². The molecule has 0 unspecified atom stereocenters. The van der Waals surface area contributed by atoms with E-state index in [4.69, 9.17) is 4.74 Å². The number of carbonyl (C=O) groups excluding carboxylic acids is 1. The first-order chi connectivity index (χ1) is 7.36. The summed E-state index contributed by atoms with van der Waals surface area (Å²) >= 11 is 0. The number of nitrogens with zero attached hydrogens (tertiary/aromatic N) is 1. The van der Waals surface area contributed by atoms with E-state index in [0.29, 0.717) is 6.54 Å². The van der Waals surface area contributed by atoms with Gasteiger partial charge in [0.05, 0.1) is 13.7 Å². The quantitative estimate of drug-likeness (QED) is 0.611. The van der Waals surface area contributed by atoms with Crippen molar-refractivity contribution in [3.63, 3.8) is 0 Å². The second-order valence-electron chi connectivity index (χ2n) is 3.09. The van der Waals surface area contributed by atoms with E-state index in [9.17, 15) is 4.79 Å². The van der Waals surface area contributed by atoms with Gasteiger partial charge < -0.3 is 9.72 Å². The van der Waals surface area contributed by atoms with Crippen molar-refractivity contribution in [1.82, 2.24) is 4.98 Å². The normalized spacial score (nSPS) is 9.93. The minimum absolute atomic E-state index is 0.294. The third-order valence-corrected chi connectivity index (χ3v) is 2.32. The molecule has 0 fully saturated rings. The highest BCUT2D eigenvalue weighted by Crippen LogP contribution is 2.27. The van der Waals surface area contributed by atoms with E-state index in [0.717, 1.165) is 22.2 Å². The number of benzene rings is 1. The van der Waals surface area contributed by atoms with Gasteiger partial charge in [-0.05, 0) is 18.2 Å². The Morgan fingerprint density at radius 1 is 1.47 bits per heavy atom. The number of aliphatic imine (C=N–C) groups is 1. The van der Waals surface area contributed by atoms with E-state index < -0.39 is 0 Å². The van der Waals surface area contributed by atoms with Gasteiger partial charge in [-0.25, -0.2) is 9.79 Å². The molecule has 0 spiro atoms. The number of aromatic nitrogens is 1. The third kappa shape index (κ3) is 1.63. The summed E-state index contributed by atoms with van der Waals surface area (Å²) < 4.78 is 5.22. The average Bonchev–Trinajstić information content (AvgIpc) is 2.73. The van der Waals surface area contributed by atoms with Crippen molar-refractivity contribution >= 4 is 17.0 Å². The number of isocyanates is 1. The zero-order valence-electron chi connectivity index (χ0n) is 8.28. The maximum Gasteiger partial charge on any atom is 0.235 e. The fourth-order valence-electron chi connectivity index (χ4n) is 1.64. The average molecular weight is 202 g/mol. The summed E-state index contributed by atoms with van der Waals surface area (Å²) in [6, 6.07) is 5.73. The Balaban J connectivity index is 2.62. The lowest BCUT2D eigenvalue weighted by Gasteiger charge is -2.06. The molecule has 0 radical (unpaired) electrons. The summed E-state index contributed by atoms with van der Waals surface area (Å²) in [5.74, 6) is 0.737. The van der Waals surface area contributed by atoms with Crippen LogP contribution in [0.5, 0.6) is 5.75 Å². The second kappa shape index (κ2) is 3.98. The molecule has 0 atom stereocenters. The van der Waals surface area contributed by atoms with Gasteiger partial charge in [-0.15, -0.1) is 0 Å². The van der Waals surface area contributed by atoms with Crippen LogP contribution in [0.25, 0.3) is 10.9 Å². The van der Waals surface area contributed by atoms with Crippen molar-refractivity contribution in [1.29, 1.82) is 0 Å². The highest BCUT2D eigenvalue weighted by Gasteiger charge is 2.07. The Morgan fingerprint density at radius 2 is 2.33 bits per heavy atom. The summed E-state index contributed by atoms with van der Waals surface area (Å²) in [6.07, 6.45) is 3.38. The lowest BCUT2D eigenvalue weighted by molar-refractivity contribution is 0.410. The zero-order chi connectivity index (χ0) is 10.7. The molecule has 1 aromatic heterocycles. The highest BCUT2D eigenvalue weighted by molar-refractivity contribution is 5.85. The van der Waals surface area contributed by atoms with Crippen molar-refractivity contribution < 1.29 is 9.53 Å². The number of hydrogen-bond acceptors (Lipinski definition) is 3. The molecule has 0 saturated heterocycles. The van der Waals surface area contributed by atoms with Gasteiger partial charge in [-0.1, -0.05) is 0 Å². The second-order valence-corrected chi connectivity index (χ2v) is 3.09. The summed E-state index contributed by atoms with van der Waals surface area (Å²) in [5.41, 5.74) is 1.91. The summed E-state index contributed by atoms with van der Waals surface area (Å²) in [6.45, 7) is 0.294. The monoisotopic (exact) mass is 202 g/mol. The van der Waals surface area contributed by atoms with Gasteiger partial charge in [0, 0.05) is 22.7 Å². The van der Waals surface area contributed by atoms with Crippen LogP contribution in [0.3, 0.4) is 0 Å². The summed E-state index contributed by atoms with van der Waals surface area (Å²) in [4.78, 5) is 16.8. The molecule has 1 heterocycles. The van der Waals surface area contributed by atoms with Crippen LogP contribution in [0.1, 0.15) is 5.56 Å². The maximum absolute atomic E-state index is 10.1. The number of methoxy groups -OCH3 is 1. The molecule has 0 aliphatic carbocycles. The molecular weight excluding hydrogens is 192 g/mol. The van der Waals surface area contributed by atoms with Crippen molar-refractivity contribution in [2.45, 2.75) is 6.54 Å². The minimum Gasteiger partial charge on any atom is -0.496 e. The number of hydrogen-bond donors (Lipinski definition) is 1. The van der Waals surface area contributed by atoms with Gasteiger partial charge in [0.25, 0.3) is 0 Å². The van der Waals surface area contributed by atoms with Gasteiger partial charge in [0.1, 0.15) is 5.75 Å². The molecule has 76 valence electrons. The first-order valence-corrected chi connectivity index (χ1v) is 4.53. The van der Waals surface area contributed by atoms with Crippen molar-refractivity contribution in [2.24, 2.45) is 4.99 Å². The van der Waals surface area contributed by atoms with E-state index in [1.807, 2.05) is 24.4 Å². The standard InChI is InChI=1S/C11H10N2O2/c1-15-11-3-2-10-8(4-5-13-10)9(11)6-12-7-14/h2-5,13H,6H2,1H3. The van der Waals surface area contributed by atoms with E-state index in [1.165, 1.54) is 6.08 Å². The van der Waals surface area contributed by atoms with Gasteiger partial charge >= 0.3 is 0 Å². The fourth-order valence-corrected chi connectivity index (χ4v) is 1.64. The Hall–Kier alpha value is -2.06. The number of rotatable bonds is 3. The summed E-state index contributed by atoms with van der Waals surface area (Å²) in [5, 5.41) is 1.02. The molecule has 1 aromatic carbocycles. The first kappa shape index (κ1) is 9.49.